The fraction of sp³-hybridized carbons (Fsp3) is 0.643. The third-order valence-electron chi connectivity index (χ3n) is 4.83. The molecule has 8 N–H and O–H groups in total. The van der Waals surface area contributed by atoms with Crippen molar-refractivity contribution in [3.63, 3.8) is 0 Å². The van der Waals surface area contributed by atoms with E-state index in [4.69, 9.17) is 27.9 Å². The van der Waals surface area contributed by atoms with Crippen LogP contribution >= 0.6 is 11.3 Å². The first-order valence-electron chi connectivity index (χ1n) is 8.49. The van der Waals surface area contributed by atoms with E-state index in [2.05, 4.69) is 15.3 Å². The van der Waals surface area contributed by atoms with Gasteiger partial charge in [-0.1, -0.05) is 41.9 Å². The van der Waals surface area contributed by atoms with Gasteiger partial charge in [-0.2, -0.15) is 9.66 Å². The van der Waals surface area contributed by atoms with Crippen molar-refractivity contribution >= 4 is 27.6 Å². The number of nitrogen functional groups attached to an aromatic ring is 1. The van der Waals surface area contributed by atoms with Crippen molar-refractivity contribution in [2.45, 2.75) is 57.0 Å². The van der Waals surface area contributed by atoms with Crippen LogP contribution in [0.5, 0.6) is 0 Å². The van der Waals surface area contributed by atoms with Crippen LogP contribution in [0.25, 0.3) is 10.3 Å². The van der Waals surface area contributed by atoms with Gasteiger partial charge in [-0.05, 0) is 12.8 Å². The average molecular weight is 397 g/mol. The van der Waals surface area contributed by atoms with Gasteiger partial charge < -0.3 is 27.9 Å². The lowest BCUT2D eigenvalue weighted by molar-refractivity contribution is -0.0819. The molecule has 1 aliphatic heterocycles. The van der Waals surface area contributed by atoms with Crippen molar-refractivity contribution in [1.82, 2.24) is 14.2 Å². The lowest BCUT2D eigenvalue weighted by Gasteiger charge is -2.28. The van der Waals surface area contributed by atoms with Gasteiger partial charge in [0.15, 0.2) is 11.9 Å². The molecule has 1 fully saturated rings. The summed E-state index contributed by atoms with van der Waals surface area (Å²) in [5.41, 5.74) is 10.5. The fourth-order valence-corrected chi connectivity index (χ4v) is 4.38. The molecule has 0 amide bonds. The van der Waals surface area contributed by atoms with Crippen LogP contribution in [-0.4, -0.2) is 25.5 Å². The highest BCUT2D eigenvalue weighted by molar-refractivity contribution is 7.16. The quantitative estimate of drug-likeness (QED) is 0.301. The Bertz CT molecular complexity index is 1010. The summed E-state index contributed by atoms with van der Waals surface area (Å²) in [5, 5.41) is 6.63. The molecule has 3 heterocycles. The van der Waals surface area contributed by atoms with E-state index in [1.165, 1.54) is 4.57 Å². The maximum absolute atomic E-state index is 12.7. The number of nitrogens with two attached hydrogens (primary N) is 4. The first-order valence-corrected chi connectivity index (χ1v) is 9.31. The van der Waals surface area contributed by atoms with E-state index in [0.29, 0.717) is 35.3 Å². The summed E-state index contributed by atoms with van der Waals surface area (Å²) < 4.78 is 8.05. The Morgan fingerprint density at radius 2 is 2.07 bits per heavy atom. The van der Waals surface area contributed by atoms with Crippen LogP contribution in [0.2, 0.25) is 0 Å². The molecular formula is C14H23N9O3S. The second kappa shape index (κ2) is 6.67. The fourth-order valence-electron chi connectivity index (χ4n) is 3.51. The van der Waals surface area contributed by atoms with Gasteiger partial charge in [0.1, 0.15) is 10.4 Å². The van der Waals surface area contributed by atoms with Gasteiger partial charge in [0.25, 0.3) is 11.5 Å². The van der Waals surface area contributed by atoms with E-state index in [1.54, 1.807) is 0 Å². The predicted octanol–water partition coefficient (Wildman–Crippen LogP) is -0.228. The first kappa shape index (κ1) is 19.4. The van der Waals surface area contributed by atoms with Gasteiger partial charge in [0, 0.05) is 6.42 Å². The van der Waals surface area contributed by atoms with Gasteiger partial charge in [-0.25, -0.2) is 0 Å². The van der Waals surface area contributed by atoms with Crippen LogP contribution in [0.3, 0.4) is 0 Å². The van der Waals surface area contributed by atoms with Crippen molar-refractivity contribution in [2.75, 3.05) is 5.84 Å². The van der Waals surface area contributed by atoms with Crippen molar-refractivity contribution in [3.05, 3.63) is 20.0 Å². The minimum absolute atomic E-state index is 0.0607. The molecule has 0 radical (unpaired) electrons. The van der Waals surface area contributed by atoms with Crippen molar-refractivity contribution in [2.24, 2.45) is 27.6 Å². The molecule has 2 aromatic heterocycles. The van der Waals surface area contributed by atoms with Crippen molar-refractivity contribution < 1.29 is 4.74 Å². The summed E-state index contributed by atoms with van der Waals surface area (Å²) in [6.45, 7) is 3.87. The Morgan fingerprint density at radius 3 is 2.67 bits per heavy atom. The van der Waals surface area contributed by atoms with Crippen LogP contribution < -0.4 is 33.6 Å². The van der Waals surface area contributed by atoms with Crippen LogP contribution in [-0.2, 0) is 4.74 Å². The van der Waals surface area contributed by atoms with Gasteiger partial charge in [0.2, 0.25) is 0 Å². The van der Waals surface area contributed by atoms with E-state index >= 15 is 0 Å². The lowest BCUT2D eigenvalue weighted by Crippen LogP contribution is -2.47. The molecule has 2 aromatic rings. The molecule has 0 aliphatic carbocycles. The molecule has 13 heteroatoms. The van der Waals surface area contributed by atoms with Gasteiger partial charge in [0.05, 0.1) is 5.54 Å². The molecule has 1 unspecified atom stereocenters. The van der Waals surface area contributed by atoms with E-state index < -0.39 is 27.9 Å². The summed E-state index contributed by atoms with van der Waals surface area (Å²) in [5.74, 6) is 10.5. The average Bonchev–Trinajstić information content (AvgIpc) is 3.07. The minimum Gasteiger partial charge on any atom is -0.335 e. The molecule has 27 heavy (non-hydrogen) atoms. The number of hydrogen-bond acceptors (Lipinski definition) is 10. The first-order chi connectivity index (χ1) is 12.7. The van der Waals surface area contributed by atoms with Crippen LogP contribution in [0, 0.1) is 0 Å². The maximum atomic E-state index is 12.7. The topological polar surface area (TPSA) is 195 Å². The molecule has 0 saturated carbocycles. The Morgan fingerprint density at radius 1 is 1.37 bits per heavy atom. The van der Waals surface area contributed by atoms with E-state index in [9.17, 15) is 9.59 Å². The number of ether oxygens (including phenoxy) is 1. The van der Waals surface area contributed by atoms with E-state index in [-0.39, 0.29) is 16.3 Å². The number of aromatic nitrogens is 3. The van der Waals surface area contributed by atoms with Gasteiger partial charge in [-0.3, -0.25) is 14.2 Å². The zero-order valence-electron chi connectivity index (χ0n) is 15.1. The zero-order valence-corrected chi connectivity index (χ0v) is 15.9. The van der Waals surface area contributed by atoms with Gasteiger partial charge >= 0.3 is 4.87 Å². The molecular weight excluding hydrogens is 374 g/mol. The third-order valence-corrected chi connectivity index (χ3v) is 5.76. The van der Waals surface area contributed by atoms with Crippen LogP contribution in [0.1, 0.15) is 45.8 Å². The Kier molecular flexibility index (Phi) is 4.80. The Balaban J connectivity index is 2.26. The summed E-state index contributed by atoms with van der Waals surface area (Å²) in [6.07, 6.45) is 1.35. The molecule has 1 aliphatic rings. The Hall–Kier alpha value is -2.35. The number of rotatable bonds is 5. The van der Waals surface area contributed by atoms with E-state index in [1.807, 2.05) is 13.8 Å². The zero-order chi connectivity index (χ0) is 20.0. The normalized spacial score (nSPS) is 28.5. The number of nitrogens with zero attached hydrogens (tertiary/aromatic N) is 5. The summed E-state index contributed by atoms with van der Waals surface area (Å²) in [6, 6.07) is 0. The summed E-state index contributed by atoms with van der Waals surface area (Å²) in [4.78, 5) is 28.9. The highest BCUT2D eigenvalue weighted by Crippen LogP contribution is 2.44. The van der Waals surface area contributed by atoms with Gasteiger partial charge in [-0.15, -0.1) is 0 Å². The molecule has 0 spiro atoms. The SMILES string of the molecule is CCC[C@]1(N)CC(N)(CC)[C@H](n2c(=O)sc3c(=O)n(N)c(N=NN)nc32)O1. The second-order valence-electron chi connectivity index (χ2n) is 6.74. The third kappa shape index (κ3) is 3.01. The lowest BCUT2D eigenvalue weighted by atomic mass is 9.88. The second-order valence-corrected chi connectivity index (χ2v) is 7.70. The monoisotopic (exact) mass is 397 g/mol. The minimum atomic E-state index is -0.972. The molecule has 148 valence electrons. The van der Waals surface area contributed by atoms with Crippen molar-refractivity contribution in [3.8, 4) is 0 Å². The molecule has 3 rings (SSSR count). The number of thiazole rings is 1. The standard InChI is InChI=1S/C14H23N9O3S/c1-3-5-14(16)6-13(15,4-2)10(26-14)22-8-7(27-12(22)25)9(24)23(18)11(19-8)20-21-17/h10H,3-6,15-16,18H2,1-2H3,(H2,17,19,20)/t10-,13?,14-/m1/s1. The summed E-state index contributed by atoms with van der Waals surface area (Å²) in [7, 11) is 0. The smallest absolute Gasteiger partial charge is 0.311 e. The number of hydrogen-bond donors (Lipinski definition) is 4. The molecule has 0 bridgehead atoms. The highest BCUT2D eigenvalue weighted by Gasteiger charge is 2.53. The largest absolute Gasteiger partial charge is 0.335 e. The summed E-state index contributed by atoms with van der Waals surface area (Å²) >= 11 is 0.710. The predicted molar refractivity (Wildman–Crippen MR) is 101 cm³/mol. The van der Waals surface area contributed by atoms with E-state index in [0.717, 1.165) is 6.42 Å². The Labute approximate surface area is 157 Å². The molecule has 12 nitrogen and oxygen atoms in total. The number of fused-ring (bicyclic) bond motifs is 1. The molecule has 1 saturated heterocycles. The molecule has 3 atom stereocenters. The maximum Gasteiger partial charge on any atom is 0.311 e. The van der Waals surface area contributed by atoms with Crippen LogP contribution in [0.4, 0.5) is 5.95 Å². The van der Waals surface area contributed by atoms with Crippen molar-refractivity contribution in [1.29, 1.82) is 0 Å². The molecule has 0 aromatic carbocycles. The highest BCUT2D eigenvalue weighted by atomic mass is 32.1. The van der Waals surface area contributed by atoms with Crippen LogP contribution in [0.15, 0.2) is 19.9 Å².